The summed E-state index contributed by atoms with van der Waals surface area (Å²) in [4.78, 5) is 17.9. The summed E-state index contributed by atoms with van der Waals surface area (Å²) < 4.78 is 0. The molecule has 0 amide bonds. The SMILES string of the molecule is CCCCCNc1ncnc(NN)c1[N+](=O)[O-]. The molecule has 0 aliphatic heterocycles. The molecule has 0 aromatic carbocycles. The van der Waals surface area contributed by atoms with Crippen LogP contribution in [0.4, 0.5) is 17.3 Å². The highest BCUT2D eigenvalue weighted by Gasteiger charge is 2.21. The first kappa shape index (κ1) is 13.1. The fourth-order valence-electron chi connectivity index (χ4n) is 1.37. The molecule has 0 radical (unpaired) electrons. The lowest BCUT2D eigenvalue weighted by Crippen LogP contribution is -2.14. The lowest BCUT2D eigenvalue weighted by molar-refractivity contribution is -0.383. The molecule has 0 fully saturated rings. The van der Waals surface area contributed by atoms with Crippen molar-refractivity contribution < 1.29 is 4.92 Å². The van der Waals surface area contributed by atoms with Gasteiger partial charge in [0.1, 0.15) is 6.33 Å². The van der Waals surface area contributed by atoms with Gasteiger partial charge in [-0.25, -0.2) is 15.8 Å². The van der Waals surface area contributed by atoms with Gasteiger partial charge >= 0.3 is 5.69 Å². The number of hydrogen-bond donors (Lipinski definition) is 3. The molecule has 0 atom stereocenters. The van der Waals surface area contributed by atoms with E-state index in [4.69, 9.17) is 5.84 Å². The van der Waals surface area contributed by atoms with Crippen molar-refractivity contribution in [3.05, 3.63) is 16.4 Å². The predicted molar refractivity (Wildman–Crippen MR) is 64.5 cm³/mol. The van der Waals surface area contributed by atoms with Gasteiger partial charge in [0.15, 0.2) is 0 Å². The van der Waals surface area contributed by atoms with E-state index in [9.17, 15) is 10.1 Å². The second kappa shape index (κ2) is 6.59. The average Bonchev–Trinajstić information content (AvgIpc) is 2.33. The largest absolute Gasteiger partial charge is 0.364 e. The Morgan fingerprint density at radius 1 is 1.41 bits per heavy atom. The van der Waals surface area contributed by atoms with Crippen LogP contribution in [0.15, 0.2) is 6.33 Å². The molecule has 0 aliphatic carbocycles. The zero-order chi connectivity index (χ0) is 12.7. The molecule has 17 heavy (non-hydrogen) atoms. The van der Waals surface area contributed by atoms with Crippen molar-refractivity contribution in [1.29, 1.82) is 0 Å². The van der Waals surface area contributed by atoms with E-state index in [1.807, 2.05) is 0 Å². The first-order valence-electron chi connectivity index (χ1n) is 5.40. The Kier molecular flexibility index (Phi) is 5.08. The molecule has 0 saturated carbocycles. The molecule has 0 saturated heterocycles. The molecular weight excluding hydrogens is 224 g/mol. The Labute approximate surface area is 98.8 Å². The number of hydrogen-bond acceptors (Lipinski definition) is 7. The van der Waals surface area contributed by atoms with Crippen LogP contribution in [0, 0.1) is 10.1 Å². The number of hydrazine groups is 1. The summed E-state index contributed by atoms with van der Waals surface area (Å²) in [5.74, 6) is 5.35. The molecule has 1 aromatic heterocycles. The minimum absolute atomic E-state index is 0.00277. The van der Waals surface area contributed by atoms with Crippen molar-refractivity contribution >= 4 is 17.3 Å². The minimum Gasteiger partial charge on any atom is -0.364 e. The van der Waals surface area contributed by atoms with Gasteiger partial charge < -0.3 is 10.7 Å². The molecule has 4 N–H and O–H groups in total. The number of anilines is 2. The molecule has 0 spiro atoms. The van der Waals surface area contributed by atoms with Crippen LogP contribution in [0.2, 0.25) is 0 Å². The molecule has 0 aliphatic rings. The van der Waals surface area contributed by atoms with Crippen molar-refractivity contribution in [2.24, 2.45) is 5.84 Å². The molecule has 1 rings (SSSR count). The lowest BCUT2D eigenvalue weighted by atomic mass is 10.2. The van der Waals surface area contributed by atoms with E-state index in [2.05, 4.69) is 27.6 Å². The summed E-state index contributed by atoms with van der Waals surface area (Å²) in [6.07, 6.45) is 4.31. The minimum atomic E-state index is -0.558. The number of nitrogens with zero attached hydrogens (tertiary/aromatic N) is 3. The van der Waals surface area contributed by atoms with Crippen molar-refractivity contribution in [2.75, 3.05) is 17.3 Å². The molecule has 8 heteroatoms. The first-order valence-corrected chi connectivity index (χ1v) is 5.40. The Balaban J connectivity index is 2.79. The Morgan fingerprint density at radius 3 is 2.71 bits per heavy atom. The third kappa shape index (κ3) is 3.52. The van der Waals surface area contributed by atoms with Crippen LogP contribution in [-0.4, -0.2) is 21.4 Å². The number of nitrogen functional groups attached to an aromatic ring is 1. The number of unbranched alkanes of at least 4 members (excludes halogenated alkanes) is 2. The Bertz CT molecular complexity index is 384. The van der Waals surface area contributed by atoms with Gasteiger partial charge in [0.05, 0.1) is 4.92 Å². The number of rotatable bonds is 7. The van der Waals surface area contributed by atoms with Crippen molar-refractivity contribution in [3.63, 3.8) is 0 Å². The van der Waals surface area contributed by atoms with Gasteiger partial charge in [-0.15, -0.1) is 0 Å². The molecule has 0 unspecified atom stereocenters. The monoisotopic (exact) mass is 240 g/mol. The number of nitro groups is 1. The van der Waals surface area contributed by atoms with E-state index < -0.39 is 4.92 Å². The zero-order valence-corrected chi connectivity index (χ0v) is 9.64. The third-order valence-electron chi connectivity index (χ3n) is 2.21. The quantitative estimate of drug-likeness (QED) is 0.284. The Morgan fingerprint density at radius 2 is 2.12 bits per heavy atom. The van der Waals surface area contributed by atoms with Gasteiger partial charge in [0, 0.05) is 6.54 Å². The highest BCUT2D eigenvalue weighted by Crippen LogP contribution is 2.27. The fourth-order valence-corrected chi connectivity index (χ4v) is 1.37. The van der Waals surface area contributed by atoms with E-state index in [1.165, 1.54) is 6.33 Å². The highest BCUT2D eigenvalue weighted by molar-refractivity contribution is 5.68. The number of aromatic nitrogens is 2. The normalized spacial score (nSPS) is 10.0. The van der Waals surface area contributed by atoms with E-state index in [0.717, 1.165) is 19.3 Å². The van der Waals surface area contributed by atoms with Crippen molar-refractivity contribution in [1.82, 2.24) is 9.97 Å². The lowest BCUT2D eigenvalue weighted by Gasteiger charge is -2.07. The maximum Gasteiger partial charge on any atom is 0.354 e. The fraction of sp³-hybridized carbons (Fsp3) is 0.556. The third-order valence-corrected chi connectivity index (χ3v) is 2.21. The summed E-state index contributed by atoms with van der Waals surface area (Å²) in [6.45, 7) is 2.72. The van der Waals surface area contributed by atoms with Gasteiger partial charge in [-0.05, 0) is 6.42 Å². The molecular formula is C9H16N6O2. The summed E-state index contributed by atoms with van der Waals surface area (Å²) in [5.41, 5.74) is 1.96. The topological polar surface area (TPSA) is 119 Å². The standard InChI is InChI=1S/C9H16N6O2/c1-2-3-4-5-11-8-7(15(16)17)9(14-10)13-6-12-8/h6H,2-5,10H2,1H3,(H2,11,12,13,14). The van der Waals surface area contributed by atoms with Gasteiger partial charge in [0.25, 0.3) is 0 Å². The number of nitrogens with two attached hydrogens (primary N) is 1. The second-order valence-electron chi connectivity index (χ2n) is 3.45. The van der Waals surface area contributed by atoms with Gasteiger partial charge in [-0.3, -0.25) is 10.1 Å². The van der Waals surface area contributed by atoms with Gasteiger partial charge in [0.2, 0.25) is 11.6 Å². The van der Waals surface area contributed by atoms with Crippen LogP contribution < -0.4 is 16.6 Å². The van der Waals surface area contributed by atoms with Crippen LogP contribution in [0.5, 0.6) is 0 Å². The van der Waals surface area contributed by atoms with Crippen LogP contribution in [0.3, 0.4) is 0 Å². The van der Waals surface area contributed by atoms with E-state index in [1.54, 1.807) is 0 Å². The van der Waals surface area contributed by atoms with Gasteiger partial charge in [-0.1, -0.05) is 19.8 Å². The van der Waals surface area contributed by atoms with Crippen LogP contribution >= 0.6 is 0 Å². The second-order valence-corrected chi connectivity index (χ2v) is 3.45. The zero-order valence-electron chi connectivity index (χ0n) is 9.64. The Hall–Kier alpha value is -1.96. The van der Waals surface area contributed by atoms with E-state index in [0.29, 0.717) is 6.54 Å². The smallest absolute Gasteiger partial charge is 0.354 e. The summed E-state index contributed by atoms with van der Waals surface area (Å²) >= 11 is 0. The van der Waals surface area contributed by atoms with Gasteiger partial charge in [-0.2, -0.15) is 0 Å². The molecule has 0 bridgehead atoms. The first-order chi connectivity index (χ1) is 8.20. The van der Waals surface area contributed by atoms with Crippen LogP contribution in [0.25, 0.3) is 0 Å². The molecule has 1 heterocycles. The van der Waals surface area contributed by atoms with E-state index in [-0.39, 0.29) is 17.3 Å². The predicted octanol–water partition coefficient (Wildman–Crippen LogP) is 1.27. The van der Waals surface area contributed by atoms with Crippen LogP contribution in [0.1, 0.15) is 26.2 Å². The average molecular weight is 240 g/mol. The summed E-state index contributed by atoms with van der Waals surface area (Å²) in [7, 11) is 0. The van der Waals surface area contributed by atoms with Crippen LogP contribution in [-0.2, 0) is 0 Å². The van der Waals surface area contributed by atoms with E-state index >= 15 is 0 Å². The maximum atomic E-state index is 10.9. The molecule has 1 aromatic rings. The molecule has 8 nitrogen and oxygen atoms in total. The van der Waals surface area contributed by atoms with Crippen molar-refractivity contribution in [3.8, 4) is 0 Å². The number of nitrogens with one attached hydrogen (secondary N) is 2. The highest BCUT2D eigenvalue weighted by atomic mass is 16.6. The molecule has 94 valence electrons. The van der Waals surface area contributed by atoms with Crippen molar-refractivity contribution in [2.45, 2.75) is 26.2 Å². The maximum absolute atomic E-state index is 10.9. The summed E-state index contributed by atoms with van der Waals surface area (Å²) in [6, 6.07) is 0. The summed E-state index contributed by atoms with van der Waals surface area (Å²) in [5, 5.41) is 13.8.